The first-order valence-corrected chi connectivity index (χ1v) is 8.09. The molecular formula is C22H21NO. The second kappa shape index (κ2) is 7.60. The number of nitrogens with zero attached hydrogens (tertiary/aromatic N) is 1. The molecule has 0 N–H and O–H groups in total. The number of aryl methyl sites for hydroxylation is 2. The van der Waals surface area contributed by atoms with E-state index in [-0.39, 0.29) is 0 Å². The van der Waals surface area contributed by atoms with Gasteiger partial charge in [0, 0.05) is 11.8 Å². The summed E-state index contributed by atoms with van der Waals surface area (Å²) in [7, 11) is 0. The summed E-state index contributed by atoms with van der Waals surface area (Å²) >= 11 is 0. The van der Waals surface area contributed by atoms with E-state index in [0.717, 1.165) is 22.6 Å². The molecular weight excluding hydrogens is 294 g/mol. The number of rotatable bonds is 5. The van der Waals surface area contributed by atoms with Gasteiger partial charge in [0.25, 0.3) is 0 Å². The third kappa shape index (κ3) is 4.32. The summed E-state index contributed by atoms with van der Waals surface area (Å²) < 4.78 is 5.98. The molecule has 0 saturated heterocycles. The Bertz CT molecular complexity index is 817. The molecule has 0 aliphatic carbocycles. The molecule has 2 heteroatoms. The Morgan fingerprint density at radius 1 is 0.792 bits per heavy atom. The van der Waals surface area contributed by atoms with E-state index in [0.29, 0.717) is 6.61 Å². The van der Waals surface area contributed by atoms with Gasteiger partial charge in [0.2, 0.25) is 0 Å². The van der Waals surface area contributed by atoms with Gasteiger partial charge in [-0.2, -0.15) is 0 Å². The Morgan fingerprint density at radius 2 is 1.42 bits per heavy atom. The summed E-state index contributed by atoms with van der Waals surface area (Å²) in [5, 5.41) is 0. The van der Waals surface area contributed by atoms with Crippen molar-refractivity contribution in [1.82, 2.24) is 0 Å². The Morgan fingerprint density at radius 3 is 2.12 bits per heavy atom. The highest BCUT2D eigenvalue weighted by molar-refractivity contribution is 5.85. The normalized spacial score (nSPS) is 10.9. The van der Waals surface area contributed by atoms with Crippen LogP contribution in [0, 0.1) is 13.8 Å². The van der Waals surface area contributed by atoms with E-state index in [1.54, 1.807) is 0 Å². The maximum Gasteiger partial charge on any atom is 0.128 e. The van der Waals surface area contributed by atoms with Crippen molar-refractivity contribution >= 4 is 11.9 Å². The van der Waals surface area contributed by atoms with Crippen molar-refractivity contribution in [3.8, 4) is 5.75 Å². The van der Waals surface area contributed by atoms with E-state index in [2.05, 4.69) is 55.2 Å². The monoisotopic (exact) mass is 315 g/mol. The van der Waals surface area contributed by atoms with E-state index in [4.69, 9.17) is 4.74 Å². The first kappa shape index (κ1) is 16.0. The Hall–Kier alpha value is -2.87. The maximum absolute atomic E-state index is 5.98. The van der Waals surface area contributed by atoms with E-state index >= 15 is 0 Å². The van der Waals surface area contributed by atoms with Crippen LogP contribution in [0.15, 0.2) is 77.8 Å². The van der Waals surface area contributed by atoms with Crippen LogP contribution >= 0.6 is 0 Å². The Balaban J connectivity index is 1.72. The van der Waals surface area contributed by atoms with Crippen LogP contribution in [-0.4, -0.2) is 6.21 Å². The van der Waals surface area contributed by atoms with Gasteiger partial charge >= 0.3 is 0 Å². The third-order valence-electron chi connectivity index (χ3n) is 3.82. The summed E-state index contributed by atoms with van der Waals surface area (Å²) in [6, 6.07) is 24.5. The number of aliphatic imine (C=N–C) groups is 1. The molecule has 0 unspecified atom stereocenters. The van der Waals surface area contributed by atoms with Crippen molar-refractivity contribution in [3.63, 3.8) is 0 Å². The van der Waals surface area contributed by atoms with Crippen molar-refractivity contribution in [2.45, 2.75) is 20.5 Å². The molecule has 0 spiro atoms. The predicted octanol–water partition coefficient (Wildman–Crippen LogP) is 5.63. The highest BCUT2D eigenvalue weighted by Gasteiger charge is 2.01. The molecule has 0 aromatic heterocycles. The lowest BCUT2D eigenvalue weighted by atomic mass is 10.1. The molecule has 0 bridgehead atoms. The summed E-state index contributed by atoms with van der Waals surface area (Å²) in [5.74, 6) is 0.842. The second-order valence-corrected chi connectivity index (χ2v) is 5.91. The largest absolute Gasteiger partial charge is 0.488 e. The zero-order valence-electron chi connectivity index (χ0n) is 14.1. The summed E-state index contributed by atoms with van der Waals surface area (Å²) in [4.78, 5) is 4.54. The number of ether oxygens (including phenoxy) is 1. The van der Waals surface area contributed by atoms with Crippen molar-refractivity contribution in [2.24, 2.45) is 4.99 Å². The number of para-hydroxylation sites is 1. The van der Waals surface area contributed by atoms with Crippen LogP contribution in [0.3, 0.4) is 0 Å². The van der Waals surface area contributed by atoms with E-state index < -0.39 is 0 Å². The lowest BCUT2D eigenvalue weighted by Crippen LogP contribution is -1.98. The van der Waals surface area contributed by atoms with Crippen molar-refractivity contribution in [3.05, 3.63) is 95.1 Å². The van der Waals surface area contributed by atoms with Gasteiger partial charge in [-0.3, -0.25) is 4.99 Å². The van der Waals surface area contributed by atoms with Gasteiger partial charge in [0.15, 0.2) is 0 Å². The van der Waals surface area contributed by atoms with Crippen molar-refractivity contribution in [1.29, 1.82) is 0 Å². The first-order valence-electron chi connectivity index (χ1n) is 8.09. The molecule has 0 aliphatic rings. The van der Waals surface area contributed by atoms with Gasteiger partial charge in [-0.15, -0.1) is 0 Å². The van der Waals surface area contributed by atoms with Crippen molar-refractivity contribution in [2.75, 3.05) is 0 Å². The molecule has 3 aromatic rings. The molecule has 0 amide bonds. The van der Waals surface area contributed by atoms with Gasteiger partial charge in [0.05, 0.1) is 5.69 Å². The second-order valence-electron chi connectivity index (χ2n) is 5.91. The van der Waals surface area contributed by atoms with Gasteiger partial charge in [0.1, 0.15) is 12.4 Å². The number of benzene rings is 3. The number of hydrogen-bond acceptors (Lipinski definition) is 2. The van der Waals surface area contributed by atoms with Gasteiger partial charge in [-0.05, 0) is 43.7 Å². The topological polar surface area (TPSA) is 21.6 Å². The Labute approximate surface area is 143 Å². The van der Waals surface area contributed by atoms with Crippen LogP contribution in [0.4, 0.5) is 5.69 Å². The summed E-state index contributed by atoms with van der Waals surface area (Å²) in [5.41, 5.74) is 5.56. The smallest absolute Gasteiger partial charge is 0.128 e. The minimum atomic E-state index is 0.551. The molecule has 2 nitrogen and oxygen atoms in total. The molecule has 0 radical (unpaired) electrons. The molecule has 3 aromatic carbocycles. The van der Waals surface area contributed by atoms with Crippen LogP contribution < -0.4 is 4.74 Å². The SMILES string of the molecule is Cc1ccc(COc2ccccc2C=Nc2ccc(C)cc2)cc1. The highest BCUT2D eigenvalue weighted by atomic mass is 16.5. The fraction of sp³-hybridized carbons (Fsp3) is 0.136. The predicted molar refractivity (Wildman–Crippen MR) is 100 cm³/mol. The average molecular weight is 315 g/mol. The van der Waals surface area contributed by atoms with Gasteiger partial charge in [-0.25, -0.2) is 0 Å². The molecule has 0 aliphatic heterocycles. The van der Waals surface area contributed by atoms with Crippen LogP contribution in [0.2, 0.25) is 0 Å². The standard InChI is InChI=1S/C22H21NO/c1-17-7-11-19(12-8-17)16-24-22-6-4-3-5-20(22)15-23-21-13-9-18(2)10-14-21/h3-15H,16H2,1-2H3. The lowest BCUT2D eigenvalue weighted by molar-refractivity contribution is 0.306. The van der Waals surface area contributed by atoms with E-state index in [1.807, 2.05) is 42.6 Å². The maximum atomic E-state index is 5.98. The first-order chi connectivity index (χ1) is 11.7. The molecule has 0 heterocycles. The molecule has 0 saturated carbocycles. The quantitative estimate of drug-likeness (QED) is 0.559. The number of hydrogen-bond donors (Lipinski definition) is 0. The zero-order valence-corrected chi connectivity index (χ0v) is 14.1. The van der Waals surface area contributed by atoms with E-state index in [1.165, 1.54) is 11.1 Å². The van der Waals surface area contributed by atoms with Crippen LogP contribution in [0.5, 0.6) is 5.75 Å². The Kier molecular flexibility index (Phi) is 5.07. The van der Waals surface area contributed by atoms with Crippen LogP contribution in [-0.2, 0) is 6.61 Å². The van der Waals surface area contributed by atoms with Crippen LogP contribution in [0.25, 0.3) is 0 Å². The average Bonchev–Trinajstić information content (AvgIpc) is 2.61. The summed E-state index contributed by atoms with van der Waals surface area (Å²) in [6.45, 7) is 4.71. The van der Waals surface area contributed by atoms with Crippen molar-refractivity contribution < 1.29 is 4.74 Å². The molecule has 0 atom stereocenters. The summed E-state index contributed by atoms with van der Waals surface area (Å²) in [6.07, 6.45) is 1.86. The molecule has 3 rings (SSSR count). The minimum absolute atomic E-state index is 0.551. The van der Waals surface area contributed by atoms with Crippen LogP contribution in [0.1, 0.15) is 22.3 Å². The van der Waals surface area contributed by atoms with E-state index in [9.17, 15) is 0 Å². The van der Waals surface area contributed by atoms with Gasteiger partial charge < -0.3 is 4.74 Å². The molecule has 0 fully saturated rings. The highest BCUT2D eigenvalue weighted by Crippen LogP contribution is 2.19. The fourth-order valence-electron chi connectivity index (χ4n) is 2.34. The lowest BCUT2D eigenvalue weighted by Gasteiger charge is -2.09. The zero-order chi connectivity index (χ0) is 16.8. The third-order valence-corrected chi connectivity index (χ3v) is 3.82. The minimum Gasteiger partial charge on any atom is -0.488 e. The molecule has 120 valence electrons. The molecule has 24 heavy (non-hydrogen) atoms. The van der Waals surface area contributed by atoms with Gasteiger partial charge in [-0.1, -0.05) is 59.7 Å². The fourth-order valence-corrected chi connectivity index (χ4v) is 2.34.